The van der Waals surface area contributed by atoms with E-state index in [1.165, 1.54) is 0 Å². The molecule has 2 heteroatoms. The lowest BCUT2D eigenvalue weighted by Gasteiger charge is -1.92. The number of hydrogen-bond acceptors (Lipinski definition) is 2. The summed E-state index contributed by atoms with van der Waals surface area (Å²) in [5.41, 5.74) is 1.98. The summed E-state index contributed by atoms with van der Waals surface area (Å²) in [5.74, 6) is 1.38. The number of rotatable bonds is 4. The molecule has 0 N–H and O–H groups in total. The Bertz CT molecular complexity index is 139. The van der Waals surface area contributed by atoms with Crippen molar-refractivity contribution < 1.29 is 0 Å². The molecule has 0 nitrogen and oxygen atoms in total. The van der Waals surface area contributed by atoms with Crippen LogP contribution < -0.4 is 0 Å². The summed E-state index contributed by atoms with van der Waals surface area (Å²) in [4.78, 5) is 0. The zero-order valence-corrected chi connectivity index (χ0v) is 7.67. The Kier molecular flexibility index (Phi) is 5.64. The summed E-state index contributed by atoms with van der Waals surface area (Å²) in [7, 11) is 0. The molecule has 0 atom stereocenters. The highest BCUT2D eigenvalue weighted by molar-refractivity contribution is 7.80. The summed E-state index contributed by atoms with van der Waals surface area (Å²) in [5, 5.41) is 0. The van der Waals surface area contributed by atoms with Gasteiger partial charge in [0.2, 0.25) is 0 Å². The van der Waals surface area contributed by atoms with Gasteiger partial charge in [-0.3, -0.25) is 0 Å². The molecule has 0 spiro atoms. The second-order valence-corrected chi connectivity index (χ2v) is 2.60. The first kappa shape index (κ1) is 9.92. The van der Waals surface area contributed by atoms with Gasteiger partial charge in [0, 0.05) is 11.5 Å². The van der Waals surface area contributed by atoms with Gasteiger partial charge >= 0.3 is 0 Å². The van der Waals surface area contributed by atoms with Crippen molar-refractivity contribution >= 4 is 25.3 Å². The first-order valence-corrected chi connectivity index (χ1v) is 4.22. The van der Waals surface area contributed by atoms with Gasteiger partial charge in [0.05, 0.1) is 0 Å². The van der Waals surface area contributed by atoms with E-state index in [1.807, 2.05) is 12.2 Å². The van der Waals surface area contributed by atoms with Crippen LogP contribution in [0.4, 0.5) is 0 Å². The second kappa shape index (κ2) is 5.69. The van der Waals surface area contributed by atoms with Crippen LogP contribution in [0.2, 0.25) is 0 Å². The third kappa shape index (κ3) is 4.77. The summed E-state index contributed by atoms with van der Waals surface area (Å²) in [6.07, 6.45) is 3.82. The average Bonchev–Trinajstić information content (AvgIpc) is 1.99. The Hall–Kier alpha value is -0.0800. The van der Waals surface area contributed by atoms with E-state index in [9.17, 15) is 0 Å². The molecule has 56 valence electrons. The normalized spacial score (nSPS) is 10.2. The topological polar surface area (TPSA) is 0 Å². The van der Waals surface area contributed by atoms with Gasteiger partial charge < -0.3 is 0 Å². The van der Waals surface area contributed by atoms with E-state index in [-0.39, 0.29) is 0 Å². The molecule has 0 aliphatic heterocycles. The van der Waals surface area contributed by atoms with Crippen LogP contribution in [0.15, 0.2) is 36.5 Å². The molecule has 0 aliphatic carbocycles. The molecule has 0 amide bonds. The van der Waals surface area contributed by atoms with Crippen LogP contribution in [0.5, 0.6) is 0 Å². The lowest BCUT2D eigenvalue weighted by molar-refractivity contribution is 1.53. The van der Waals surface area contributed by atoms with Crippen LogP contribution in [0.1, 0.15) is 0 Å². The molecule has 0 saturated heterocycles. The summed E-state index contributed by atoms with van der Waals surface area (Å²) >= 11 is 8.10. The molecule has 0 fully saturated rings. The molecule has 0 heterocycles. The van der Waals surface area contributed by atoms with Gasteiger partial charge in [-0.05, 0) is 11.1 Å². The fourth-order valence-electron chi connectivity index (χ4n) is 0.341. The van der Waals surface area contributed by atoms with Gasteiger partial charge in [0.15, 0.2) is 0 Å². The summed E-state index contributed by atoms with van der Waals surface area (Å²) < 4.78 is 0. The van der Waals surface area contributed by atoms with E-state index in [0.29, 0.717) is 11.5 Å². The Morgan fingerprint density at radius 2 is 1.30 bits per heavy atom. The second-order valence-electron chi connectivity index (χ2n) is 1.97. The molecular formula is C8H12S2. The predicted molar refractivity (Wildman–Crippen MR) is 55.1 cm³/mol. The van der Waals surface area contributed by atoms with Gasteiger partial charge in [-0.25, -0.2) is 0 Å². The van der Waals surface area contributed by atoms with Crippen LogP contribution in [-0.2, 0) is 0 Å². The van der Waals surface area contributed by atoms with Crippen LogP contribution in [0.25, 0.3) is 0 Å². The SMILES string of the molecule is C=C(/C=C\C(=C)CS)CS. The molecular weight excluding hydrogens is 160 g/mol. The average molecular weight is 172 g/mol. The Morgan fingerprint density at radius 3 is 1.50 bits per heavy atom. The fraction of sp³-hybridized carbons (Fsp3) is 0.250. The minimum absolute atomic E-state index is 0.691. The Balaban J connectivity index is 3.75. The van der Waals surface area contributed by atoms with E-state index in [2.05, 4.69) is 38.4 Å². The van der Waals surface area contributed by atoms with E-state index in [4.69, 9.17) is 0 Å². The Morgan fingerprint density at radius 1 is 1.00 bits per heavy atom. The van der Waals surface area contributed by atoms with Crippen molar-refractivity contribution in [1.82, 2.24) is 0 Å². The van der Waals surface area contributed by atoms with E-state index >= 15 is 0 Å². The van der Waals surface area contributed by atoms with E-state index in [0.717, 1.165) is 11.1 Å². The predicted octanol–water partition coefficient (Wildman–Crippen LogP) is 2.51. The van der Waals surface area contributed by atoms with Crippen molar-refractivity contribution in [2.75, 3.05) is 11.5 Å². The van der Waals surface area contributed by atoms with Crippen molar-refractivity contribution in [3.05, 3.63) is 36.5 Å². The highest BCUT2D eigenvalue weighted by atomic mass is 32.1. The quantitative estimate of drug-likeness (QED) is 0.472. The van der Waals surface area contributed by atoms with Crippen LogP contribution >= 0.6 is 25.3 Å². The zero-order chi connectivity index (χ0) is 7.98. The van der Waals surface area contributed by atoms with Gasteiger partial charge in [0.1, 0.15) is 0 Å². The minimum Gasteiger partial charge on any atom is -0.175 e. The first-order valence-electron chi connectivity index (χ1n) is 2.96. The van der Waals surface area contributed by atoms with Crippen molar-refractivity contribution in [1.29, 1.82) is 0 Å². The third-order valence-electron chi connectivity index (χ3n) is 0.961. The molecule has 0 aliphatic rings. The fourth-order valence-corrected chi connectivity index (χ4v) is 0.552. The molecule has 0 rings (SSSR count). The van der Waals surface area contributed by atoms with Crippen molar-refractivity contribution in [2.24, 2.45) is 0 Å². The molecule has 0 aromatic heterocycles. The zero-order valence-electron chi connectivity index (χ0n) is 5.88. The standard InChI is InChI=1S/C8H12S2/c1-7(5-9)3-4-8(2)6-10/h3-4,9-10H,1-2,5-6H2/b4-3-. The van der Waals surface area contributed by atoms with Crippen molar-refractivity contribution in [2.45, 2.75) is 0 Å². The molecule has 0 saturated carbocycles. The molecule has 0 radical (unpaired) electrons. The van der Waals surface area contributed by atoms with E-state index in [1.54, 1.807) is 0 Å². The van der Waals surface area contributed by atoms with Crippen molar-refractivity contribution in [3.63, 3.8) is 0 Å². The lowest BCUT2D eigenvalue weighted by atomic mass is 10.2. The minimum atomic E-state index is 0.691. The van der Waals surface area contributed by atoms with Gasteiger partial charge in [-0.1, -0.05) is 25.3 Å². The van der Waals surface area contributed by atoms with Crippen LogP contribution in [0, 0.1) is 0 Å². The van der Waals surface area contributed by atoms with Gasteiger partial charge in [-0.15, -0.1) is 0 Å². The largest absolute Gasteiger partial charge is 0.175 e. The number of allylic oxidation sites excluding steroid dienone is 2. The number of hydrogen-bond donors (Lipinski definition) is 2. The van der Waals surface area contributed by atoms with Gasteiger partial charge in [-0.2, -0.15) is 25.3 Å². The Labute approximate surface area is 73.5 Å². The molecule has 0 aromatic carbocycles. The maximum Gasteiger partial charge on any atom is 0.0148 e. The third-order valence-corrected chi connectivity index (χ3v) is 1.77. The lowest BCUT2D eigenvalue weighted by Crippen LogP contribution is -1.78. The highest BCUT2D eigenvalue weighted by Crippen LogP contribution is 2.00. The maximum atomic E-state index is 4.05. The summed E-state index contributed by atoms with van der Waals surface area (Å²) in [6, 6.07) is 0. The smallest absolute Gasteiger partial charge is 0.0148 e. The highest BCUT2D eigenvalue weighted by Gasteiger charge is 1.83. The van der Waals surface area contributed by atoms with Crippen molar-refractivity contribution in [3.8, 4) is 0 Å². The molecule has 0 bridgehead atoms. The maximum absolute atomic E-state index is 4.05. The molecule has 10 heavy (non-hydrogen) atoms. The van der Waals surface area contributed by atoms with E-state index < -0.39 is 0 Å². The van der Waals surface area contributed by atoms with Crippen LogP contribution in [0.3, 0.4) is 0 Å². The van der Waals surface area contributed by atoms with Crippen LogP contribution in [-0.4, -0.2) is 11.5 Å². The number of thiol groups is 2. The molecule has 0 unspecified atom stereocenters. The monoisotopic (exact) mass is 172 g/mol. The summed E-state index contributed by atoms with van der Waals surface area (Å²) in [6.45, 7) is 7.50. The van der Waals surface area contributed by atoms with Gasteiger partial charge in [0.25, 0.3) is 0 Å². The molecule has 0 aromatic rings. The first-order chi connectivity index (χ1) is 4.70.